The van der Waals surface area contributed by atoms with Gasteiger partial charge in [0.2, 0.25) is 15.9 Å². The summed E-state index contributed by atoms with van der Waals surface area (Å²) in [6, 6.07) is 4.40. The zero-order valence-corrected chi connectivity index (χ0v) is 20.0. The first-order valence-electron chi connectivity index (χ1n) is 11.2. The Hall–Kier alpha value is -1.85. The summed E-state index contributed by atoms with van der Waals surface area (Å²) in [7, 11) is -2.40. The van der Waals surface area contributed by atoms with Gasteiger partial charge in [0.25, 0.3) is 0 Å². The fraction of sp³-hybridized carbons (Fsp3) is 0.682. The van der Waals surface area contributed by atoms with Crippen molar-refractivity contribution in [1.29, 1.82) is 0 Å². The maximum absolute atomic E-state index is 13.0. The van der Waals surface area contributed by atoms with E-state index in [0.717, 1.165) is 50.4 Å². The quantitative estimate of drug-likeness (QED) is 0.611. The van der Waals surface area contributed by atoms with Gasteiger partial charge in [0.1, 0.15) is 5.75 Å². The van der Waals surface area contributed by atoms with Crippen LogP contribution in [0.15, 0.2) is 29.2 Å². The third-order valence-electron chi connectivity index (χ3n) is 6.65. The lowest BCUT2D eigenvalue weighted by Crippen LogP contribution is -2.52. The van der Waals surface area contributed by atoms with Gasteiger partial charge in [0.15, 0.2) is 0 Å². The zero-order chi connectivity index (χ0) is 24.4. The van der Waals surface area contributed by atoms with Crippen molar-refractivity contribution >= 4 is 15.9 Å². The molecule has 0 N–H and O–H groups in total. The molecule has 1 amide bonds. The average molecular weight is 492 g/mol. The largest absolute Gasteiger partial charge is 0.573 e. The van der Waals surface area contributed by atoms with Crippen LogP contribution in [0.2, 0.25) is 0 Å². The summed E-state index contributed by atoms with van der Waals surface area (Å²) in [5.41, 5.74) is 0. The molecule has 3 rings (SSSR count). The Kier molecular flexibility index (Phi) is 7.95. The summed E-state index contributed by atoms with van der Waals surface area (Å²) >= 11 is 0. The molecule has 2 aliphatic rings. The van der Waals surface area contributed by atoms with Gasteiger partial charge in [-0.1, -0.05) is 0 Å². The van der Waals surface area contributed by atoms with Gasteiger partial charge in [-0.2, -0.15) is 4.31 Å². The van der Waals surface area contributed by atoms with Crippen LogP contribution in [0, 0.1) is 5.92 Å². The number of nitrogens with zero attached hydrogens (tertiary/aromatic N) is 3. The van der Waals surface area contributed by atoms with Crippen LogP contribution in [0.3, 0.4) is 0 Å². The molecule has 33 heavy (non-hydrogen) atoms. The number of halogens is 3. The molecule has 1 heterocycles. The van der Waals surface area contributed by atoms with Gasteiger partial charge in [0, 0.05) is 51.2 Å². The Bertz CT molecular complexity index is 906. The van der Waals surface area contributed by atoms with Crippen molar-refractivity contribution in [2.24, 2.45) is 5.92 Å². The number of carbonyl (C=O) groups excluding carboxylic acids is 1. The summed E-state index contributed by atoms with van der Waals surface area (Å²) < 4.78 is 68.0. The van der Waals surface area contributed by atoms with Crippen molar-refractivity contribution < 1.29 is 31.1 Å². The monoisotopic (exact) mass is 491 g/mol. The standard InChI is InChI=1S/C22H32F3N3O4S/c1-16(2)27-12-14-28(15-13-27)21(29)17-4-6-18(7-5-17)26(3)33(30,31)20-10-8-19(9-11-20)32-22(23,24)25/h8-11,16-18H,4-7,12-15H2,1-3H3. The minimum absolute atomic E-state index is 0.0956. The zero-order valence-electron chi connectivity index (χ0n) is 19.2. The predicted octanol–water partition coefficient (Wildman–Crippen LogP) is 3.32. The van der Waals surface area contributed by atoms with Crippen LogP contribution in [0.25, 0.3) is 0 Å². The minimum atomic E-state index is -4.84. The van der Waals surface area contributed by atoms with E-state index in [2.05, 4.69) is 23.5 Å². The van der Waals surface area contributed by atoms with Crippen LogP contribution in [0.1, 0.15) is 39.5 Å². The number of rotatable bonds is 6. The number of piperazine rings is 1. The number of hydrogen-bond acceptors (Lipinski definition) is 5. The topological polar surface area (TPSA) is 70.2 Å². The van der Waals surface area contributed by atoms with E-state index in [4.69, 9.17) is 0 Å². The number of alkyl halides is 3. The molecule has 1 aliphatic carbocycles. The van der Waals surface area contributed by atoms with Crippen molar-refractivity contribution in [2.75, 3.05) is 33.2 Å². The molecule has 1 aliphatic heterocycles. The van der Waals surface area contributed by atoms with Crippen molar-refractivity contribution in [3.63, 3.8) is 0 Å². The highest BCUT2D eigenvalue weighted by atomic mass is 32.2. The molecule has 0 unspecified atom stereocenters. The molecule has 1 saturated heterocycles. The van der Waals surface area contributed by atoms with Crippen LogP contribution in [0.4, 0.5) is 13.2 Å². The van der Waals surface area contributed by atoms with Crippen LogP contribution >= 0.6 is 0 Å². The Morgan fingerprint density at radius 3 is 2.06 bits per heavy atom. The number of sulfonamides is 1. The maximum Gasteiger partial charge on any atom is 0.573 e. The van der Waals surface area contributed by atoms with Crippen molar-refractivity contribution in [3.05, 3.63) is 24.3 Å². The van der Waals surface area contributed by atoms with E-state index in [1.54, 1.807) is 0 Å². The van der Waals surface area contributed by atoms with Crippen LogP contribution in [0.5, 0.6) is 5.75 Å². The molecular formula is C22H32F3N3O4S. The van der Waals surface area contributed by atoms with Crippen LogP contribution in [-0.4, -0.2) is 80.1 Å². The van der Waals surface area contributed by atoms with Crippen molar-refractivity contribution in [1.82, 2.24) is 14.1 Å². The number of benzene rings is 1. The Balaban J connectivity index is 1.55. The summed E-state index contributed by atoms with van der Waals surface area (Å²) in [4.78, 5) is 17.1. The molecule has 7 nitrogen and oxygen atoms in total. The van der Waals surface area contributed by atoms with Crippen LogP contribution < -0.4 is 4.74 Å². The van der Waals surface area contributed by atoms with E-state index in [1.807, 2.05) is 4.90 Å². The first kappa shape index (κ1) is 25.8. The van der Waals surface area contributed by atoms with E-state index in [-0.39, 0.29) is 22.8 Å². The van der Waals surface area contributed by atoms with E-state index in [9.17, 15) is 26.4 Å². The predicted molar refractivity (Wildman–Crippen MR) is 117 cm³/mol. The summed E-state index contributed by atoms with van der Waals surface area (Å²) in [5.74, 6) is -0.415. The second-order valence-corrected chi connectivity index (χ2v) is 11.0. The minimum Gasteiger partial charge on any atom is -0.406 e. The summed E-state index contributed by atoms with van der Waals surface area (Å²) in [6.07, 6.45) is -2.48. The second-order valence-electron chi connectivity index (χ2n) is 9.00. The van der Waals surface area contributed by atoms with Crippen molar-refractivity contribution in [2.45, 2.75) is 62.9 Å². The molecule has 0 atom stereocenters. The Morgan fingerprint density at radius 1 is 1.03 bits per heavy atom. The normalized spacial score (nSPS) is 23.2. The summed E-state index contributed by atoms with van der Waals surface area (Å²) in [6.45, 7) is 7.47. The SMILES string of the molecule is CC(C)N1CCN(C(=O)C2CCC(N(C)S(=O)(=O)c3ccc(OC(F)(F)F)cc3)CC2)CC1. The highest BCUT2D eigenvalue weighted by Gasteiger charge is 2.36. The van der Waals surface area contributed by atoms with E-state index >= 15 is 0 Å². The molecule has 186 valence electrons. The fourth-order valence-corrected chi connectivity index (χ4v) is 5.99. The lowest BCUT2D eigenvalue weighted by molar-refractivity contribution is -0.274. The van der Waals surface area contributed by atoms with E-state index in [1.165, 1.54) is 11.4 Å². The Labute approximate surface area is 193 Å². The molecule has 1 aromatic rings. The van der Waals surface area contributed by atoms with Gasteiger partial charge in [-0.3, -0.25) is 9.69 Å². The number of hydrogen-bond donors (Lipinski definition) is 0. The average Bonchev–Trinajstić information content (AvgIpc) is 2.77. The molecular weight excluding hydrogens is 459 g/mol. The molecule has 0 spiro atoms. The molecule has 1 saturated carbocycles. The van der Waals surface area contributed by atoms with Gasteiger partial charge in [0.05, 0.1) is 4.90 Å². The molecule has 0 bridgehead atoms. The second kappa shape index (κ2) is 10.2. The maximum atomic E-state index is 13.0. The van der Waals surface area contributed by atoms with E-state index in [0.29, 0.717) is 31.7 Å². The van der Waals surface area contributed by atoms with E-state index < -0.39 is 22.1 Å². The van der Waals surface area contributed by atoms with Gasteiger partial charge >= 0.3 is 6.36 Å². The molecule has 2 fully saturated rings. The van der Waals surface area contributed by atoms with Gasteiger partial charge < -0.3 is 9.64 Å². The fourth-order valence-electron chi connectivity index (χ4n) is 4.58. The highest BCUT2D eigenvalue weighted by molar-refractivity contribution is 7.89. The highest BCUT2D eigenvalue weighted by Crippen LogP contribution is 2.32. The molecule has 11 heteroatoms. The van der Waals surface area contributed by atoms with Crippen molar-refractivity contribution in [3.8, 4) is 5.75 Å². The Morgan fingerprint density at radius 2 is 1.58 bits per heavy atom. The first-order chi connectivity index (χ1) is 15.4. The molecule has 1 aromatic carbocycles. The third-order valence-corrected chi connectivity index (χ3v) is 8.57. The first-order valence-corrected chi connectivity index (χ1v) is 12.7. The van der Waals surface area contributed by atoms with Gasteiger partial charge in [-0.25, -0.2) is 8.42 Å². The van der Waals surface area contributed by atoms with Gasteiger partial charge in [-0.05, 0) is 63.8 Å². The lowest BCUT2D eigenvalue weighted by atomic mass is 9.85. The van der Waals surface area contributed by atoms with Crippen LogP contribution in [-0.2, 0) is 14.8 Å². The summed E-state index contributed by atoms with van der Waals surface area (Å²) in [5, 5.41) is 0. The number of carbonyl (C=O) groups is 1. The third kappa shape index (κ3) is 6.39. The smallest absolute Gasteiger partial charge is 0.406 e. The number of amides is 1. The lowest BCUT2D eigenvalue weighted by Gasteiger charge is -2.40. The molecule has 0 aromatic heterocycles. The number of ether oxygens (including phenoxy) is 1. The van der Waals surface area contributed by atoms with Gasteiger partial charge in [-0.15, -0.1) is 13.2 Å². The molecule has 0 radical (unpaired) electrons.